The fourth-order valence-corrected chi connectivity index (χ4v) is 2.70. The second-order valence-electron chi connectivity index (χ2n) is 5.78. The Morgan fingerprint density at radius 2 is 2.10 bits per heavy atom. The van der Waals surface area contributed by atoms with Gasteiger partial charge in [0, 0.05) is 31.9 Å². The molecular formula is C17H28N2O. The maximum absolute atomic E-state index is 5.70. The normalized spacial score (nSPS) is 20.1. The Morgan fingerprint density at radius 3 is 2.70 bits per heavy atom. The lowest BCUT2D eigenvalue weighted by molar-refractivity contribution is 0.116. The van der Waals surface area contributed by atoms with Crippen LogP contribution in [0.2, 0.25) is 0 Å². The van der Waals surface area contributed by atoms with Gasteiger partial charge in [-0.25, -0.2) is 0 Å². The van der Waals surface area contributed by atoms with Crippen LogP contribution in [0.1, 0.15) is 44.7 Å². The van der Waals surface area contributed by atoms with Gasteiger partial charge in [0.05, 0.1) is 6.10 Å². The quantitative estimate of drug-likeness (QED) is 0.826. The topological polar surface area (TPSA) is 24.5 Å². The molecule has 1 saturated heterocycles. The first-order valence-corrected chi connectivity index (χ1v) is 7.86. The van der Waals surface area contributed by atoms with E-state index >= 15 is 0 Å². The van der Waals surface area contributed by atoms with Gasteiger partial charge in [-0.15, -0.1) is 0 Å². The fourth-order valence-electron chi connectivity index (χ4n) is 2.70. The molecule has 0 saturated carbocycles. The Morgan fingerprint density at radius 1 is 1.35 bits per heavy atom. The van der Waals surface area contributed by atoms with Crippen molar-refractivity contribution < 1.29 is 4.74 Å². The van der Waals surface area contributed by atoms with Crippen molar-refractivity contribution in [2.24, 2.45) is 0 Å². The maximum atomic E-state index is 5.70. The number of benzene rings is 1. The molecule has 1 N–H and O–H groups in total. The van der Waals surface area contributed by atoms with Crippen molar-refractivity contribution in [2.75, 3.05) is 31.6 Å². The third-order valence-corrected chi connectivity index (χ3v) is 4.04. The summed E-state index contributed by atoms with van der Waals surface area (Å²) in [4.78, 5) is 2.30. The standard InChI is InChI=1S/C17H28N2O/c1-4-11-18-14(2)15-7-9-16(10-8-15)19(3)13-17-6-5-12-20-17/h7-10,14,17-18H,4-6,11-13H2,1-3H3. The Bertz CT molecular complexity index is 384. The highest BCUT2D eigenvalue weighted by molar-refractivity contribution is 5.47. The number of nitrogens with zero attached hydrogens (tertiary/aromatic N) is 1. The van der Waals surface area contributed by atoms with E-state index in [0.29, 0.717) is 12.1 Å². The van der Waals surface area contributed by atoms with Gasteiger partial charge in [0.1, 0.15) is 0 Å². The van der Waals surface area contributed by atoms with Crippen LogP contribution in [-0.2, 0) is 4.74 Å². The van der Waals surface area contributed by atoms with Gasteiger partial charge in [0.25, 0.3) is 0 Å². The van der Waals surface area contributed by atoms with Gasteiger partial charge < -0.3 is 15.0 Å². The number of rotatable bonds is 7. The second-order valence-corrected chi connectivity index (χ2v) is 5.78. The smallest absolute Gasteiger partial charge is 0.0750 e. The average molecular weight is 276 g/mol. The fraction of sp³-hybridized carbons (Fsp3) is 0.647. The van der Waals surface area contributed by atoms with E-state index in [2.05, 4.69) is 55.4 Å². The van der Waals surface area contributed by atoms with Crippen molar-refractivity contribution in [1.82, 2.24) is 5.32 Å². The summed E-state index contributed by atoms with van der Waals surface area (Å²) in [5.41, 5.74) is 2.62. The highest BCUT2D eigenvalue weighted by Gasteiger charge is 2.17. The summed E-state index contributed by atoms with van der Waals surface area (Å²) in [7, 11) is 2.15. The first-order chi connectivity index (χ1) is 9.70. The zero-order valence-corrected chi connectivity index (χ0v) is 13.1. The summed E-state index contributed by atoms with van der Waals surface area (Å²) in [6.45, 7) is 7.41. The minimum absolute atomic E-state index is 0.407. The first-order valence-electron chi connectivity index (χ1n) is 7.86. The van der Waals surface area contributed by atoms with Gasteiger partial charge in [0.2, 0.25) is 0 Å². The lowest BCUT2D eigenvalue weighted by atomic mass is 10.1. The Hall–Kier alpha value is -1.06. The van der Waals surface area contributed by atoms with Crippen LogP contribution < -0.4 is 10.2 Å². The predicted molar refractivity (Wildman–Crippen MR) is 85.4 cm³/mol. The third-order valence-electron chi connectivity index (χ3n) is 4.04. The lowest BCUT2D eigenvalue weighted by Crippen LogP contribution is -2.28. The lowest BCUT2D eigenvalue weighted by Gasteiger charge is -2.23. The van der Waals surface area contributed by atoms with Crippen molar-refractivity contribution in [2.45, 2.75) is 45.3 Å². The van der Waals surface area contributed by atoms with Crippen molar-refractivity contribution in [3.63, 3.8) is 0 Å². The van der Waals surface area contributed by atoms with E-state index in [4.69, 9.17) is 4.74 Å². The van der Waals surface area contributed by atoms with Crippen LogP contribution in [0.4, 0.5) is 5.69 Å². The van der Waals surface area contributed by atoms with E-state index in [1.54, 1.807) is 0 Å². The molecule has 2 rings (SSSR count). The van der Waals surface area contributed by atoms with Crippen LogP contribution in [0, 0.1) is 0 Å². The van der Waals surface area contributed by atoms with Crippen LogP contribution in [0.15, 0.2) is 24.3 Å². The summed E-state index contributed by atoms with van der Waals surface area (Å²) < 4.78 is 5.70. The van der Waals surface area contributed by atoms with Crippen LogP contribution in [0.3, 0.4) is 0 Å². The van der Waals surface area contributed by atoms with Crippen molar-refractivity contribution >= 4 is 5.69 Å². The summed E-state index contributed by atoms with van der Waals surface area (Å²) in [6.07, 6.45) is 3.98. The zero-order chi connectivity index (χ0) is 14.4. The molecular weight excluding hydrogens is 248 g/mol. The molecule has 112 valence electrons. The summed E-state index contributed by atoms with van der Waals surface area (Å²) in [6, 6.07) is 9.32. The molecule has 0 spiro atoms. The van der Waals surface area contributed by atoms with E-state index in [9.17, 15) is 0 Å². The number of likely N-dealkylation sites (N-methyl/N-ethyl adjacent to an activating group) is 1. The molecule has 2 atom stereocenters. The van der Waals surface area contributed by atoms with Crippen molar-refractivity contribution in [3.8, 4) is 0 Å². The van der Waals surface area contributed by atoms with E-state index < -0.39 is 0 Å². The molecule has 2 unspecified atom stereocenters. The monoisotopic (exact) mass is 276 g/mol. The second kappa shape index (κ2) is 7.65. The molecule has 0 bridgehead atoms. The molecule has 1 fully saturated rings. The SMILES string of the molecule is CCCNC(C)c1ccc(N(C)CC2CCCO2)cc1. The number of ether oxygens (including phenoxy) is 1. The molecule has 3 heteroatoms. The molecule has 1 aromatic carbocycles. The van der Waals surface area contributed by atoms with Crippen molar-refractivity contribution in [1.29, 1.82) is 0 Å². The molecule has 1 heterocycles. The largest absolute Gasteiger partial charge is 0.376 e. The summed E-state index contributed by atoms with van der Waals surface area (Å²) in [5.74, 6) is 0. The van der Waals surface area contributed by atoms with Gasteiger partial charge in [-0.2, -0.15) is 0 Å². The highest BCUT2D eigenvalue weighted by Crippen LogP contribution is 2.20. The first kappa shape index (κ1) is 15.3. The third kappa shape index (κ3) is 4.22. The van der Waals surface area contributed by atoms with Gasteiger partial charge in [-0.05, 0) is 50.4 Å². The zero-order valence-electron chi connectivity index (χ0n) is 13.1. The molecule has 0 aromatic heterocycles. The minimum atomic E-state index is 0.407. The molecule has 0 radical (unpaired) electrons. The summed E-state index contributed by atoms with van der Waals surface area (Å²) in [5, 5.41) is 3.52. The number of anilines is 1. The van der Waals surface area contributed by atoms with Crippen LogP contribution in [-0.4, -0.2) is 32.8 Å². The maximum Gasteiger partial charge on any atom is 0.0750 e. The molecule has 3 nitrogen and oxygen atoms in total. The minimum Gasteiger partial charge on any atom is -0.376 e. The molecule has 0 aliphatic carbocycles. The number of nitrogens with one attached hydrogen (secondary N) is 1. The number of hydrogen-bond donors (Lipinski definition) is 1. The summed E-state index contributed by atoms with van der Waals surface area (Å²) >= 11 is 0. The van der Waals surface area contributed by atoms with Gasteiger partial charge >= 0.3 is 0 Å². The van der Waals surface area contributed by atoms with Gasteiger partial charge in [-0.3, -0.25) is 0 Å². The Balaban J connectivity index is 1.89. The van der Waals surface area contributed by atoms with Crippen LogP contribution in [0.5, 0.6) is 0 Å². The van der Waals surface area contributed by atoms with Gasteiger partial charge in [-0.1, -0.05) is 19.1 Å². The molecule has 20 heavy (non-hydrogen) atoms. The average Bonchev–Trinajstić information content (AvgIpc) is 2.97. The van der Waals surface area contributed by atoms with E-state index in [1.165, 1.54) is 30.5 Å². The predicted octanol–water partition coefficient (Wildman–Crippen LogP) is 3.36. The molecule has 0 amide bonds. The number of hydrogen-bond acceptors (Lipinski definition) is 3. The molecule has 1 aliphatic rings. The molecule has 1 aromatic rings. The highest BCUT2D eigenvalue weighted by atomic mass is 16.5. The van der Waals surface area contributed by atoms with E-state index in [0.717, 1.165) is 19.7 Å². The van der Waals surface area contributed by atoms with Crippen molar-refractivity contribution in [3.05, 3.63) is 29.8 Å². The molecule has 1 aliphatic heterocycles. The Kier molecular flexibility index (Phi) is 5.86. The van der Waals surface area contributed by atoms with Crippen LogP contribution in [0.25, 0.3) is 0 Å². The van der Waals surface area contributed by atoms with Crippen LogP contribution >= 0.6 is 0 Å². The Labute approximate surface area is 123 Å². The van der Waals surface area contributed by atoms with Gasteiger partial charge in [0.15, 0.2) is 0 Å². The van der Waals surface area contributed by atoms with E-state index in [-0.39, 0.29) is 0 Å². The van der Waals surface area contributed by atoms with E-state index in [1.807, 2.05) is 0 Å².